The monoisotopic (exact) mass is 294 g/mol. The molecule has 108 valence electrons. The Kier molecular flexibility index (Phi) is 4.83. The van der Waals surface area contributed by atoms with Crippen molar-refractivity contribution in [1.29, 1.82) is 0 Å². The van der Waals surface area contributed by atoms with Crippen molar-refractivity contribution in [2.24, 2.45) is 0 Å². The van der Waals surface area contributed by atoms with Gasteiger partial charge in [0.25, 0.3) is 5.22 Å². The number of aromatic nitrogens is 1. The molecule has 1 heterocycles. The molecule has 0 saturated heterocycles. The molecule has 0 aliphatic rings. The van der Waals surface area contributed by atoms with E-state index < -0.39 is 0 Å². The number of nitrogens with zero attached hydrogens (tertiary/aromatic N) is 1. The number of hydrogen-bond acceptors (Lipinski definition) is 4. The normalized spacial score (nSPS) is 11.3. The minimum atomic E-state index is -0.205. The minimum Gasteiger partial charge on any atom is -0.436 e. The van der Waals surface area contributed by atoms with Crippen LogP contribution in [0.2, 0.25) is 0 Å². The van der Waals surface area contributed by atoms with Gasteiger partial charge in [0.2, 0.25) is 0 Å². The van der Waals surface area contributed by atoms with E-state index in [1.54, 1.807) is 6.07 Å². The van der Waals surface area contributed by atoms with E-state index in [1.165, 1.54) is 17.8 Å². The second-order valence-corrected chi connectivity index (χ2v) is 5.97. The lowest BCUT2D eigenvalue weighted by Gasteiger charge is -2.12. The predicted octanol–water partition coefficient (Wildman–Crippen LogP) is 4.08. The maximum Gasteiger partial charge on any atom is 0.261 e. The standard InChI is InChI=1S/C15H19FN2OS/c1-9(2)17-8-12-13(16)6-5-7-14(12)20-15-18-10(3)11(4)19-15/h5-7,9,17H,8H2,1-4H3. The topological polar surface area (TPSA) is 38.1 Å². The first-order chi connectivity index (χ1) is 9.47. The summed E-state index contributed by atoms with van der Waals surface area (Å²) in [6.45, 7) is 8.34. The Bertz CT molecular complexity index is 576. The van der Waals surface area contributed by atoms with Crippen molar-refractivity contribution < 1.29 is 8.81 Å². The van der Waals surface area contributed by atoms with Gasteiger partial charge in [-0.3, -0.25) is 0 Å². The van der Waals surface area contributed by atoms with Crippen molar-refractivity contribution in [3.05, 3.63) is 41.0 Å². The molecule has 1 N–H and O–H groups in total. The predicted molar refractivity (Wildman–Crippen MR) is 78.5 cm³/mol. The van der Waals surface area contributed by atoms with Gasteiger partial charge in [0.1, 0.15) is 11.6 Å². The lowest BCUT2D eigenvalue weighted by Crippen LogP contribution is -2.22. The molecule has 0 fully saturated rings. The smallest absolute Gasteiger partial charge is 0.261 e. The summed E-state index contributed by atoms with van der Waals surface area (Å²) >= 11 is 1.36. The molecule has 3 nitrogen and oxygen atoms in total. The highest BCUT2D eigenvalue weighted by Gasteiger charge is 2.13. The van der Waals surface area contributed by atoms with Gasteiger partial charge in [-0.15, -0.1) is 0 Å². The molecule has 1 aromatic heterocycles. The van der Waals surface area contributed by atoms with E-state index in [9.17, 15) is 4.39 Å². The van der Waals surface area contributed by atoms with Crippen LogP contribution in [0.15, 0.2) is 32.7 Å². The van der Waals surface area contributed by atoms with Crippen LogP contribution in [0.1, 0.15) is 30.9 Å². The van der Waals surface area contributed by atoms with Gasteiger partial charge in [-0.05, 0) is 37.7 Å². The summed E-state index contributed by atoms with van der Waals surface area (Å²) in [5.41, 5.74) is 1.52. The van der Waals surface area contributed by atoms with Crippen LogP contribution < -0.4 is 5.32 Å². The highest BCUT2D eigenvalue weighted by atomic mass is 32.2. The Morgan fingerprint density at radius 3 is 2.70 bits per heavy atom. The molecule has 0 bridgehead atoms. The van der Waals surface area contributed by atoms with E-state index in [0.29, 0.717) is 23.4 Å². The third kappa shape index (κ3) is 3.61. The lowest BCUT2D eigenvalue weighted by molar-refractivity contribution is 0.431. The number of oxazole rings is 1. The quantitative estimate of drug-likeness (QED) is 0.901. The molecule has 0 saturated carbocycles. The summed E-state index contributed by atoms with van der Waals surface area (Å²) in [5.74, 6) is 0.592. The van der Waals surface area contributed by atoms with Gasteiger partial charge in [-0.1, -0.05) is 19.9 Å². The molecule has 0 radical (unpaired) electrons. The minimum absolute atomic E-state index is 0.205. The third-order valence-corrected chi connectivity index (χ3v) is 3.92. The van der Waals surface area contributed by atoms with Gasteiger partial charge in [0.05, 0.1) is 5.69 Å². The summed E-state index contributed by atoms with van der Waals surface area (Å²) < 4.78 is 19.5. The van der Waals surface area contributed by atoms with E-state index in [0.717, 1.165) is 16.3 Å². The van der Waals surface area contributed by atoms with Crippen LogP contribution in [0, 0.1) is 19.7 Å². The molecular weight excluding hydrogens is 275 g/mol. The van der Waals surface area contributed by atoms with Gasteiger partial charge < -0.3 is 9.73 Å². The van der Waals surface area contributed by atoms with Crippen LogP contribution in [-0.4, -0.2) is 11.0 Å². The molecule has 0 atom stereocenters. The highest BCUT2D eigenvalue weighted by molar-refractivity contribution is 7.99. The summed E-state index contributed by atoms with van der Waals surface area (Å²) in [7, 11) is 0. The largest absolute Gasteiger partial charge is 0.436 e. The fourth-order valence-corrected chi connectivity index (χ4v) is 2.67. The maximum absolute atomic E-state index is 14.0. The Labute approximate surface area is 123 Å². The zero-order chi connectivity index (χ0) is 14.7. The molecule has 1 aromatic carbocycles. The summed E-state index contributed by atoms with van der Waals surface area (Å²) in [6.07, 6.45) is 0. The van der Waals surface area contributed by atoms with Gasteiger partial charge >= 0.3 is 0 Å². The van der Waals surface area contributed by atoms with Crippen molar-refractivity contribution in [1.82, 2.24) is 10.3 Å². The summed E-state index contributed by atoms with van der Waals surface area (Å²) in [5, 5.41) is 3.79. The van der Waals surface area contributed by atoms with E-state index in [1.807, 2.05) is 33.8 Å². The summed E-state index contributed by atoms with van der Waals surface area (Å²) in [6, 6.07) is 5.38. The average Bonchev–Trinajstić information content (AvgIpc) is 2.67. The molecule has 0 aliphatic carbocycles. The number of nitrogens with one attached hydrogen (secondary N) is 1. The van der Waals surface area contributed by atoms with E-state index in [-0.39, 0.29) is 5.82 Å². The van der Waals surface area contributed by atoms with Crippen LogP contribution >= 0.6 is 11.8 Å². The first-order valence-electron chi connectivity index (χ1n) is 6.60. The van der Waals surface area contributed by atoms with E-state index in [4.69, 9.17) is 4.42 Å². The Morgan fingerprint density at radius 1 is 1.35 bits per heavy atom. The fourth-order valence-electron chi connectivity index (χ4n) is 1.69. The number of hydrogen-bond donors (Lipinski definition) is 1. The fraction of sp³-hybridized carbons (Fsp3) is 0.400. The number of rotatable bonds is 5. The molecule has 2 rings (SSSR count). The Hall–Kier alpha value is -1.33. The Morgan fingerprint density at radius 2 is 2.10 bits per heavy atom. The van der Waals surface area contributed by atoms with Crippen molar-refractivity contribution in [2.75, 3.05) is 0 Å². The average molecular weight is 294 g/mol. The van der Waals surface area contributed by atoms with Gasteiger partial charge in [-0.2, -0.15) is 0 Å². The third-order valence-electron chi connectivity index (χ3n) is 2.97. The van der Waals surface area contributed by atoms with Crippen molar-refractivity contribution >= 4 is 11.8 Å². The van der Waals surface area contributed by atoms with Gasteiger partial charge in [0, 0.05) is 23.0 Å². The molecule has 5 heteroatoms. The highest BCUT2D eigenvalue weighted by Crippen LogP contribution is 2.32. The van der Waals surface area contributed by atoms with Crippen LogP contribution in [0.3, 0.4) is 0 Å². The zero-order valence-corrected chi connectivity index (χ0v) is 13.0. The first-order valence-corrected chi connectivity index (χ1v) is 7.41. The van der Waals surface area contributed by atoms with Crippen LogP contribution in [0.5, 0.6) is 0 Å². The molecule has 0 unspecified atom stereocenters. The van der Waals surface area contributed by atoms with Gasteiger partial charge in [-0.25, -0.2) is 9.37 Å². The van der Waals surface area contributed by atoms with Crippen molar-refractivity contribution in [2.45, 2.75) is 50.4 Å². The molecule has 2 aromatic rings. The summed E-state index contributed by atoms with van der Waals surface area (Å²) in [4.78, 5) is 5.16. The van der Waals surface area contributed by atoms with Crippen molar-refractivity contribution in [3.63, 3.8) is 0 Å². The number of aryl methyl sites for hydroxylation is 2. The van der Waals surface area contributed by atoms with Crippen LogP contribution in [0.25, 0.3) is 0 Å². The molecule has 0 spiro atoms. The zero-order valence-electron chi connectivity index (χ0n) is 12.2. The molecule has 0 aliphatic heterocycles. The second kappa shape index (κ2) is 6.41. The number of benzene rings is 1. The van der Waals surface area contributed by atoms with Crippen LogP contribution in [-0.2, 0) is 6.54 Å². The molecular formula is C15H19FN2OS. The SMILES string of the molecule is Cc1nc(Sc2cccc(F)c2CNC(C)C)oc1C. The molecule has 20 heavy (non-hydrogen) atoms. The van der Waals surface area contributed by atoms with E-state index >= 15 is 0 Å². The van der Waals surface area contributed by atoms with E-state index in [2.05, 4.69) is 10.3 Å². The Balaban J connectivity index is 2.24. The second-order valence-electron chi connectivity index (χ2n) is 4.98. The molecule has 0 amide bonds. The lowest BCUT2D eigenvalue weighted by atomic mass is 10.2. The maximum atomic E-state index is 14.0. The van der Waals surface area contributed by atoms with Crippen LogP contribution in [0.4, 0.5) is 4.39 Å². The van der Waals surface area contributed by atoms with Crippen molar-refractivity contribution in [3.8, 4) is 0 Å². The first kappa shape index (κ1) is 15.1. The van der Waals surface area contributed by atoms with Gasteiger partial charge in [0.15, 0.2) is 0 Å². The number of halogens is 1.